The number of aliphatic hydroxyl groups excluding tert-OH is 1. The second-order valence-electron chi connectivity index (χ2n) is 6.93. The molecule has 0 radical (unpaired) electrons. The number of amides is 2. The van der Waals surface area contributed by atoms with Crippen LogP contribution in [0, 0.1) is 5.92 Å². The van der Waals surface area contributed by atoms with Gasteiger partial charge in [-0.25, -0.2) is 0 Å². The highest BCUT2D eigenvalue weighted by Crippen LogP contribution is 2.28. The van der Waals surface area contributed by atoms with E-state index in [-0.39, 0.29) is 11.5 Å². The molecule has 1 aliphatic rings. The summed E-state index contributed by atoms with van der Waals surface area (Å²) in [4.78, 5) is 25.9. The van der Waals surface area contributed by atoms with Gasteiger partial charge in [0.25, 0.3) is 11.8 Å². The first-order chi connectivity index (χ1) is 12.2. The Balaban J connectivity index is 1.93. The van der Waals surface area contributed by atoms with Crippen LogP contribution >= 0.6 is 23.2 Å². The lowest BCUT2D eigenvalue weighted by Gasteiger charge is -2.23. The minimum atomic E-state index is -0.503. The van der Waals surface area contributed by atoms with E-state index in [1.165, 1.54) is 4.90 Å². The maximum absolute atomic E-state index is 12.5. The molecular weight excluding hydrogens is 375 g/mol. The fourth-order valence-corrected chi connectivity index (χ4v) is 3.36. The van der Waals surface area contributed by atoms with E-state index in [1.54, 1.807) is 13.1 Å². The van der Waals surface area contributed by atoms with Crippen molar-refractivity contribution in [2.24, 2.45) is 5.92 Å². The van der Waals surface area contributed by atoms with Crippen LogP contribution in [0.2, 0.25) is 10.0 Å². The summed E-state index contributed by atoms with van der Waals surface area (Å²) in [5, 5.41) is 13.9. The van der Waals surface area contributed by atoms with Crippen molar-refractivity contribution < 1.29 is 14.7 Å². The molecule has 0 bridgehead atoms. The average Bonchev–Trinajstić information content (AvgIpc) is 2.78. The van der Waals surface area contributed by atoms with Crippen molar-refractivity contribution in [3.05, 3.63) is 45.1 Å². The molecule has 0 fully saturated rings. The minimum absolute atomic E-state index is 0.167. The van der Waals surface area contributed by atoms with Crippen LogP contribution in [-0.4, -0.2) is 41.5 Å². The van der Waals surface area contributed by atoms with Crippen molar-refractivity contribution in [1.82, 2.24) is 10.2 Å². The Kier molecular flexibility index (Phi) is 6.95. The summed E-state index contributed by atoms with van der Waals surface area (Å²) in [5.74, 6) is -1.05. The van der Waals surface area contributed by atoms with Gasteiger partial charge < -0.3 is 15.3 Å². The van der Waals surface area contributed by atoms with Crippen LogP contribution in [0.25, 0.3) is 0 Å². The van der Waals surface area contributed by atoms with Gasteiger partial charge in [-0.05, 0) is 42.9 Å². The number of rotatable bonds is 7. The molecule has 2 rings (SSSR count). The zero-order valence-corrected chi connectivity index (χ0v) is 16.7. The Bertz CT molecular complexity index is 731. The van der Waals surface area contributed by atoms with Gasteiger partial charge in [-0.1, -0.05) is 43.1 Å². The number of halogens is 2. The maximum atomic E-state index is 12.5. The first-order valence-electron chi connectivity index (χ1n) is 8.64. The molecule has 0 saturated heterocycles. The number of carbonyl (C=O) groups is 2. The van der Waals surface area contributed by atoms with Crippen LogP contribution in [0.3, 0.4) is 0 Å². The Morgan fingerprint density at radius 3 is 2.62 bits per heavy atom. The Morgan fingerprint density at radius 1 is 1.31 bits per heavy atom. The highest BCUT2D eigenvalue weighted by molar-refractivity contribution is 6.42. The fourth-order valence-electron chi connectivity index (χ4n) is 3.04. The molecule has 1 unspecified atom stereocenters. The molecule has 0 saturated carbocycles. The van der Waals surface area contributed by atoms with E-state index in [4.69, 9.17) is 23.2 Å². The van der Waals surface area contributed by atoms with Crippen LogP contribution in [0.5, 0.6) is 0 Å². The summed E-state index contributed by atoms with van der Waals surface area (Å²) < 4.78 is 0. The van der Waals surface area contributed by atoms with E-state index in [0.717, 1.165) is 12.0 Å². The number of hydrogen-bond donors (Lipinski definition) is 2. The molecule has 0 spiro atoms. The van der Waals surface area contributed by atoms with Crippen LogP contribution < -0.4 is 5.32 Å². The van der Waals surface area contributed by atoms with Gasteiger partial charge in [-0.3, -0.25) is 9.59 Å². The highest BCUT2D eigenvalue weighted by atomic mass is 35.5. The SMILES string of the molecule is CC(C)CC1C(C(=O)NCCCc2ccc(Cl)c(Cl)c2)=C(O)C(=O)N1C. The summed E-state index contributed by atoms with van der Waals surface area (Å²) in [6.07, 6.45) is 2.06. The molecule has 0 aliphatic carbocycles. The fraction of sp³-hybridized carbons (Fsp3) is 0.474. The van der Waals surface area contributed by atoms with Crippen LogP contribution in [0.1, 0.15) is 32.3 Å². The van der Waals surface area contributed by atoms with E-state index < -0.39 is 17.7 Å². The lowest BCUT2D eigenvalue weighted by atomic mass is 9.97. The van der Waals surface area contributed by atoms with Gasteiger partial charge in [0.15, 0.2) is 5.76 Å². The van der Waals surface area contributed by atoms with Gasteiger partial charge in [0.05, 0.1) is 21.7 Å². The maximum Gasteiger partial charge on any atom is 0.289 e. The molecule has 5 nitrogen and oxygen atoms in total. The highest BCUT2D eigenvalue weighted by Gasteiger charge is 2.40. The summed E-state index contributed by atoms with van der Waals surface area (Å²) >= 11 is 11.9. The van der Waals surface area contributed by atoms with Gasteiger partial charge in [0.2, 0.25) is 0 Å². The third-order valence-electron chi connectivity index (χ3n) is 4.43. The van der Waals surface area contributed by atoms with Crippen LogP contribution in [0.15, 0.2) is 29.5 Å². The largest absolute Gasteiger partial charge is 0.503 e. The van der Waals surface area contributed by atoms with Gasteiger partial charge >= 0.3 is 0 Å². The quantitative estimate of drug-likeness (QED) is 0.687. The van der Waals surface area contributed by atoms with Crippen molar-refractivity contribution in [2.75, 3.05) is 13.6 Å². The molecule has 1 aromatic carbocycles. The molecule has 1 atom stereocenters. The number of hydrogen-bond acceptors (Lipinski definition) is 3. The number of likely N-dealkylation sites (N-methyl/N-ethyl adjacent to an activating group) is 1. The van der Waals surface area contributed by atoms with E-state index in [2.05, 4.69) is 5.32 Å². The Morgan fingerprint density at radius 2 is 2.00 bits per heavy atom. The Labute approximate surface area is 164 Å². The molecule has 1 heterocycles. The number of nitrogens with one attached hydrogen (secondary N) is 1. The smallest absolute Gasteiger partial charge is 0.289 e. The van der Waals surface area contributed by atoms with E-state index in [9.17, 15) is 14.7 Å². The third kappa shape index (κ3) is 4.71. The van der Waals surface area contributed by atoms with E-state index >= 15 is 0 Å². The normalized spacial score (nSPS) is 17.4. The summed E-state index contributed by atoms with van der Waals surface area (Å²) in [5.41, 5.74) is 1.20. The minimum Gasteiger partial charge on any atom is -0.503 e. The number of aryl methyl sites for hydroxylation is 1. The molecule has 1 aliphatic heterocycles. The second kappa shape index (κ2) is 8.78. The van der Waals surface area contributed by atoms with Gasteiger partial charge in [-0.2, -0.15) is 0 Å². The van der Waals surface area contributed by atoms with E-state index in [0.29, 0.717) is 35.3 Å². The monoisotopic (exact) mass is 398 g/mol. The van der Waals surface area contributed by atoms with Gasteiger partial charge in [-0.15, -0.1) is 0 Å². The zero-order chi connectivity index (χ0) is 19.4. The van der Waals surface area contributed by atoms with Crippen molar-refractivity contribution in [3.63, 3.8) is 0 Å². The third-order valence-corrected chi connectivity index (χ3v) is 5.17. The van der Waals surface area contributed by atoms with Crippen molar-refractivity contribution in [1.29, 1.82) is 0 Å². The van der Waals surface area contributed by atoms with Crippen LogP contribution in [0.4, 0.5) is 0 Å². The lowest BCUT2D eigenvalue weighted by molar-refractivity contribution is -0.128. The topological polar surface area (TPSA) is 69.6 Å². The number of benzene rings is 1. The lowest BCUT2D eigenvalue weighted by Crippen LogP contribution is -2.37. The predicted octanol–water partition coefficient (Wildman–Crippen LogP) is 3.74. The summed E-state index contributed by atoms with van der Waals surface area (Å²) in [6.45, 7) is 4.46. The predicted molar refractivity (Wildman–Crippen MR) is 103 cm³/mol. The van der Waals surface area contributed by atoms with Crippen molar-refractivity contribution >= 4 is 35.0 Å². The Hall–Kier alpha value is -1.72. The first kappa shape index (κ1) is 20.6. The zero-order valence-electron chi connectivity index (χ0n) is 15.2. The molecule has 0 aromatic heterocycles. The molecule has 2 amide bonds. The molecule has 26 heavy (non-hydrogen) atoms. The van der Waals surface area contributed by atoms with Gasteiger partial charge in [0, 0.05) is 13.6 Å². The van der Waals surface area contributed by atoms with Crippen LogP contribution in [-0.2, 0) is 16.0 Å². The molecule has 7 heteroatoms. The van der Waals surface area contributed by atoms with E-state index in [1.807, 2.05) is 26.0 Å². The van der Waals surface area contributed by atoms with Crippen molar-refractivity contribution in [3.8, 4) is 0 Å². The molecular formula is C19H24Cl2N2O3. The van der Waals surface area contributed by atoms with Gasteiger partial charge in [0.1, 0.15) is 0 Å². The number of nitrogens with zero attached hydrogens (tertiary/aromatic N) is 1. The standard InChI is InChI=1S/C19H24Cl2N2O3/c1-11(2)9-15-16(17(24)19(26)23(15)3)18(25)22-8-4-5-12-6-7-13(20)14(21)10-12/h6-7,10-11,15,24H,4-5,8-9H2,1-3H3,(H,22,25). The average molecular weight is 399 g/mol. The van der Waals surface area contributed by atoms with Crippen molar-refractivity contribution in [2.45, 2.75) is 39.2 Å². The molecule has 2 N–H and O–H groups in total. The summed E-state index contributed by atoms with van der Waals surface area (Å²) in [6, 6.07) is 5.06. The molecule has 1 aromatic rings. The number of aliphatic hydroxyl groups is 1. The number of carbonyl (C=O) groups excluding carboxylic acids is 2. The molecule has 142 valence electrons. The first-order valence-corrected chi connectivity index (χ1v) is 9.40. The second-order valence-corrected chi connectivity index (χ2v) is 7.75. The summed E-state index contributed by atoms with van der Waals surface area (Å²) in [7, 11) is 1.61.